The summed E-state index contributed by atoms with van der Waals surface area (Å²) in [4.78, 5) is 4.05. The van der Waals surface area contributed by atoms with Crippen LogP contribution in [-0.4, -0.2) is 25.0 Å². The van der Waals surface area contributed by atoms with E-state index in [9.17, 15) is 0 Å². The van der Waals surface area contributed by atoms with Crippen LogP contribution in [0.3, 0.4) is 0 Å². The fourth-order valence-electron chi connectivity index (χ4n) is 1.74. The van der Waals surface area contributed by atoms with Gasteiger partial charge in [0.15, 0.2) is 11.5 Å². The summed E-state index contributed by atoms with van der Waals surface area (Å²) in [6.45, 7) is 0.566. The van der Waals surface area contributed by atoms with Crippen molar-refractivity contribution in [3.05, 3.63) is 47.8 Å². The Morgan fingerprint density at radius 3 is 3.16 bits per heavy atom. The number of tetrazole rings is 1. The van der Waals surface area contributed by atoms with Crippen LogP contribution in [0.5, 0.6) is 0 Å². The molecule has 1 aromatic carbocycles. The minimum Gasteiger partial charge on any atom is -0.365 e. The molecule has 0 spiro atoms. The third-order valence-electron chi connectivity index (χ3n) is 2.64. The smallest absolute Gasteiger partial charge is 0.199 e. The van der Waals surface area contributed by atoms with Crippen LogP contribution in [0.15, 0.2) is 36.7 Å². The lowest BCUT2D eigenvalue weighted by atomic mass is 10.1. The molecule has 0 atom stereocenters. The van der Waals surface area contributed by atoms with Gasteiger partial charge in [0.2, 0.25) is 0 Å². The van der Waals surface area contributed by atoms with Crippen LogP contribution < -0.4 is 5.32 Å². The molecule has 19 heavy (non-hydrogen) atoms. The van der Waals surface area contributed by atoms with E-state index in [4.69, 9.17) is 5.26 Å². The molecule has 0 bridgehead atoms. The number of aromatic nitrogens is 5. The van der Waals surface area contributed by atoms with Crippen molar-refractivity contribution in [2.24, 2.45) is 0 Å². The summed E-state index contributed by atoms with van der Waals surface area (Å²) in [5.41, 5.74) is 2.22. The highest BCUT2D eigenvalue weighted by Gasteiger charge is 2.03. The summed E-state index contributed by atoms with van der Waals surface area (Å²) in [6.07, 6.45) is 3.24. The van der Waals surface area contributed by atoms with Gasteiger partial charge < -0.3 is 5.32 Å². The van der Waals surface area contributed by atoms with Crippen molar-refractivity contribution in [1.29, 1.82) is 5.26 Å². The number of nitrogens with zero attached hydrogens (tertiary/aromatic N) is 6. The number of hydrogen-bond acceptors (Lipinski definition) is 6. The molecule has 92 valence electrons. The van der Waals surface area contributed by atoms with Crippen molar-refractivity contribution < 1.29 is 0 Å². The lowest BCUT2D eigenvalue weighted by molar-refractivity contribution is 0.819. The van der Waals surface area contributed by atoms with Crippen LogP contribution in [0.2, 0.25) is 0 Å². The summed E-state index contributed by atoms with van der Waals surface area (Å²) in [7, 11) is 0. The van der Waals surface area contributed by atoms with Gasteiger partial charge in [-0.15, -0.1) is 5.10 Å². The lowest BCUT2D eigenvalue weighted by Crippen LogP contribution is -2.05. The van der Waals surface area contributed by atoms with Crippen molar-refractivity contribution in [3.8, 4) is 6.07 Å². The molecule has 7 nitrogen and oxygen atoms in total. The van der Waals surface area contributed by atoms with Gasteiger partial charge in [-0.05, 0) is 28.1 Å². The van der Waals surface area contributed by atoms with Gasteiger partial charge in [0, 0.05) is 6.54 Å². The Hall–Kier alpha value is -3.01. The number of rotatable bonds is 3. The molecule has 0 amide bonds. The number of nitrogens with one attached hydrogen (secondary N) is 1. The average Bonchev–Trinajstić information content (AvgIpc) is 2.94. The van der Waals surface area contributed by atoms with Gasteiger partial charge in [0.25, 0.3) is 0 Å². The van der Waals surface area contributed by atoms with Crippen molar-refractivity contribution in [2.75, 3.05) is 5.32 Å². The molecular weight excluding hydrogens is 242 g/mol. The third-order valence-corrected chi connectivity index (χ3v) is 2.64. The number of nitriles is 1. The van der Waals surface area contributed by atoms with Crippen LogP contribution in [0.1, 0.15) is 11.1 Å². The first kappa shape index (κ1) is 11.1. The molecular formula is C12H9N7. The highest BCUT2D eigenvalue weighted by atomic mass is 15.5. The second-order valence-corrected chi connectivity index (χ2v) is 3.91. The van der Waals surface area contributed by atoms with Gasteiger partial charge in [0.05, 0.1) is 24.0 Å². The molecule has 2 aromatic heterocycles. The maximum Gasteiger partial charge on any atom is 0.199 e. The first-order valence-electron chi connectivity index (χ1n) is 5.62. The number of fused-ring (bicyclic) bond motifs is 1. The van der Waals surface area contributed by atoms with Crippen LogP contribution in [0.25, 0.3) is 5.65 Å². The molecule has 0 unspecified atom stereocenters. The van der Waals surface area contributed by atoms with Crippen molar-refractivity contribution in [1.82, 2.24) is 25.0 Å². The van der Waals surface area contributed by atoms with E-state index in [-0.39, 0.29) is 0 Å². The Bertz CT molecular complexity index is 756. The molecule has 0 saturated carbocycles. The predicted molar refractivity (Wildman–Crippen MR) is 67.1 cm³/mol. The van der Waals surface area contributed by atoms with Crippen molar-refractivity contribution in [2.45, 2.75) is 6.54 Å². The quantitative estimate of drug-likeness (QED) is 0.746. The number of benzene rings is 1. The topological polar surface area (TPSA) is 91.8 Å². The van der Waals surface area contributed by atoms with Crippen LogP contribution >= 0.6 is 0 Å². The summed E-state index contributed by atoms with van der Waals surface area (Å²) >= 11 is 0. The van der Waals surface area contributed by atoms with Crippen LogP contribution in [0, 0.1) is 11.3 Å². The minimum absolute atomic E-state index is 0.566. The first-order valence-corrected chi connectivity index (χ1v) is 5.62. The SMILES string of the molecule is N#Cc1cccc(CNc2cncc3nnnn23)c1. The van der Waals surface area contributed by atoms with Gasteiger partial charge in [-0.2, -0.15) is 9.78 Å². The summed E-state index contributed by atoms with van der Waals surface area (Å²) in [5.74, 6) is 0.699. The highest BCUT2D eigenvalue weighted by Crippen LogP contribution is 2.09. The van der Waals surface area contributed by atoms with Gasteiger partial charge in [-0.1, -0.05) is 12.1 Å². The standard InChI is InChI=1S/C12H9N7/c13-5-9-2-1-3-10(4-9)6-15-11-7-14-8-12-16-17-18-19(11)12/h1-4,7-8,15H,6H2. The monoisotopic (exact) mass is 251 g/mol. The zero-order valence-corrected chi connectivity index (χ0v) is 9.85. The van der Waals surface area contributed by atoms with E-state index in [1.165, 1.54) is 0 Å². The Morgan fingerprint density at radius 1 is 1.32 bits per heavy atom. The predicted octanol–water partition coefficient (Wildman–Crippen LogP) is 1.00. The van der Waals surface area contributed by atoms with E-state index in [0.29, 0.717) is 23.6 Å². The molecule has 3 rings (SSSR count). The van der Waals surface area contributed by atoms with E-state index in [1.54, 1.807) is 23.0 Å². The summed E-state index contributed by atoms with van der Waals surface area (Å²) < 4.78 is 1.57. The molecule has 0 saturated heterocycles. The molecule has 0 fully saturated rings. The van der Waals surface area contributed by atoms with Gasteiger partial charge in [0.1, 0.15) is 0 Å². The molecule has 0 aliphatic carbocycles. The molecule has 1 N–H and O–H groups in total. The van der Waals surface area contributed by atoms with Gasteiger partial charge in [-0.25, -0.2) is 0 Å². The fraction of sp³-hybridized carbons (Fsp3) is 0.0833. The zero-order chi connectivity index (χ0) is 13.1. The van der Waals surface area contributed by atoms with Gasteiger partial charge in [-0.3, -0.25) is 4.98 Å². The third kappa shape index (κ3) is 2.19. The Morgan fingerprint density at radius 2 is 2.26 bits per heavy atom. The van der Waals surface area contributed by atoms with E-state index in [0.717, 1.165) is 5.56 Å². The fourth-order valence-corrected chi connectivity index (χ4v) is 1.74. The Kier molecular flexibility index (Phi) is 2.74. The van der Waals surface area contributed by atoms with Gasteiger partial charge >= 0.3 is 0 Å². The second-order valence-electron chi connectivity index (χ2n) is 3.91. The molecule has 0 radical (unpaired) electrons. The van der Waals surface area contributed by atoms with Crippen molar-refractivity contribution >= 4 is 11.5 Å². The van der Waals surface area contributed by atoms with E-state index >= 15 is 0 Å². The Balaban J connectivity index is 1.82. The second kappa shape index (κ2) is 4.70. The van der Waals surface area contributed by atoms with E-state index in [1.807, 2.05) is 18.2 Å². The molecule has 0 aliphatic heterocycles. The number of anilines is 1. The van der Waals surface area contributed by atoms with E-state index in [2.05, 4.69) is 31.9 Å². The molecule has 3 aromatic rings. The highest BCUT2D eigenvalue weighted by molar-refractivity contribution is 5.44. The molecule has 7 heteroatoms. The zero-order valence-electron chi connectivity index (χ0n) is 9.85. The van der Waals surface area contributed by atoms with Crippen LogP contribution in [-0.2, 0) is 6.54 Å². The normalized spacial score (nSPS) is 10.3. The first-order chi connectivity index (χ1) is 9.36. The van der Waals surface area contributed by atoms with Crippen molar-refractivity contribution in [3.63, 3.8) is 0 Å². The average molecular weight is 251 g/mol. The number of hydrogen-bond donors (Lipinski definition) is 1. The maximum atomic E-state index is 8.85. The largest absolute Gasteiger partial charge is 0.365 e. The van der Waals surface area contributed by atoms with Crippen LogP contribution in [0.4, 0.5) is 5.82 Å². The van der Waals surface area contributed by atoms with E-state index < -0.39 is 0 Å². The minimum atomic E-state index is 0.566. The molecule has 2 heterocycles. The summed E-state index contributed by atoms with van der Waals surface area (Å²) in [6, 6.07) is 9.52. The lowest BCUT2D eigenvalue weighted by Gasteiger charge is -2.06. The molecule has 0 aliphatic rings. The summed E-state index contributed by atoms with van der Waals surface area (Å²) in [5, 5.41) is 23.3. The Labute approximate surface area is 108 Å². The maximum absolute atomic E-state index is 8.85.